The van der Waals surface area contributed by atoms with E-state index in [0.717, 1.165) is 0 Å². The Kier molecular flexibility index (Phi) is 7.94. The Hall–Kier alpha value is -1.50. The first-order chi connectivity index (χ1) is 14.3. The van der Waals surface area contributed by atoms with Crippen molar-refractivity contribution in [2.75, 3.05) is 7.11 Å². The van der Waals surface area contributed by atoms with E-state index in [0.29, 0.717) is 12.0 Å². The third kappa shape index (κ3) is 5.29. The van der Waals surface area contributed by atoms with E-state index in [1.165, 1.54) is 26.2 Å². The van der Waals surface area contributed by atoms with Crippen LogP contribution < -0.4 is 5.56 Å². The molecular formula is C21H32NO8P. The lowest BCUT2D eigenvalue weighted by Crippen LogP contribution is -2.40. The van der Waals surface area contributed by atoms with Gasteiger partial charge in [-0.3, -0.25) is 9.36 Å². The second kappa shape index (κ2) is 9.55. The Morgan fingerprint density at radius 2 is 1.97 bits per heavy atom. The SMILES string of the molecule is C#Cc1[nH]c(=O)ccc1[C@@H]1O[C@H](CC(C)(CC)OP(=O)(O)C(C)(O)CC)C(O)[C@@H]1OC. The number of H-pyrrole nitrogens is 1. The summed E-state index contributed by atoms with van der Waals surface area (Å²) in [7, 11) is -2.98. The maximum Gasteiger partial charge on any atom is 0.359 e. The molecule has 1 fully saturated rings. The number of aromatic amines is 1. The number of ether oxygens (including phenoxy) is 2. The fourth-order valence-electron chi connectivity index (χ4n) is 3.53. The number of hydrogen-bond acceptors (Lipinski definition) is 7. The van der Waals surface area contributed by atoms with Crippen molar-refractivity contribution in [3.05, 3.63) is 33.7 Å². The number of nitrogens with one attached hydrogen (secondary N) is 1. The van der Waals surface area contributed by atoms with Gasteiger partial charge in [0.05, 0.1) is 17.4 Å². The van der Waals surface area contributed by atoms with Crippen molar-refractivity contribution in [1.29, 1.82) is 0 Å². The van der Waals surface area contributed by atoms with Gasteiger partial charge in [-0.1, -0.05) is 19.8 Å². The number of pyridine rings is 1. The maximum atomic E-state index is 12.7. The Labute approximate surface area is 182 Å². The second-order valence-electron chi connectivity index (χ2n) is 8.27. The Morgan fingerprint density at radius 3 is 2.48 bits per heavy atom. The third-order valence-electron chi connectivity index (χ3n) is 6.02. The van der Waals surface area contributed by atoms with E-state index in [2.05, 4.69) is 10.9 Å². The lowest BCUT2D eigenvalue weighted by Gasteiger charge is -2.37. The fraction of sp³-hybridized carbons (Fsp3) is 0.667. The predicted octanol–water partition coefficient (Wildman–Crippen LogP) is 2.05. The summed E-state index contributed by atoms with van der Waals surface area (Å²) in [5.41, 5.74) is -0.839. The smallest absolute Gasteiger partial charge is 0.359 e. The molecule has 4 unspecified atom stereocenters. The summed E-state index contributed by atoms with van der Waals surface area (Å²) < 4.78 is 29.8. The molecule has 0 bridgehead atoms. The van der Waals surface area contributed by atoms with Crippen LogP contribution in [0, 0.1) is 12.3 Å². The van der Waals surface area contributed by atoms with Gasteiger partial charge in [-0.25, -0.2) is 0 Å². The molecule has 0 radical (unpaired) electrons. The highest BCUT2D eigenvalue weighted by atomic mass is 31.2. The van der Waals surface area contributed by atoms with Crippen LogP contribution in [0.15, 0.2) is 16.9 Å². The van der Waals surface area contributed by atoms with E-state index in [1.807, 2.05) is 0 Å². The van der Waals surface area contributed by atoms with Crippen LogP contribution in [0.4, 0.5) is 0 Å². The van der Waals surface area contributed by atoms with Gasteiger partial charge in [0.15, 0.2) is 5.34 Å². The number of hydrogen-bond donors (Lipinski definition) is 4. The van der Waals surface area contributed by atoms with Crippen LogP contribution in [0.3, 0.4) is 0 Å². The number of terminal acetylenes is 1. The van der Waals surface area contributed by atoms with Gasteiger partial charge in [0, 0.05) is 25.2 Å². The molecule has 1 aromatic rings. The molecule has 4 N–H and O–H groups in total. The number of rotatable bonds is 9. The van der Waals surface area contributed by atoms with Gasteiger partial charge in [0.25, 0.3) is 0 Å². The van der Waals surface area contributed by atoms with Crippen molar-refractivity contribution in [3.63, 3.8) is 0 Å². The molecule has 0 aromatic carbocycles. The van der Waals surface area contributed by atoms with Crippen molar-refractivity contribution in [3.8, 4) is 12.3 Å². The van der Waals surface area contributed by atoms with E-state index in [9.17, 15) is 24.5 Å². The van der Waals surface area contributed by atoms with E-state index in [4.69, 9.17) is 20.4 Å². The zero-order valence-corrected chi connectivity index (χ0v) is 19.4. The quantitative estimate of drug-likeness (QED) is 0.327. The first-order valence-corrected chi connectivity index (χ1v) is 11.7. The molecular weight excluding hydrogens is 425 g/mol. The van der Waals surface area contributed by atoms with Gasteiger partial charge in [-0.05, 0) is 32.8 Å². The monoisotopic (exact) mass is 457 g/mol. The highest BCUT2D eigenvalue weighted by molar-refractivity contribution is 7.54. The largest absolute Gasteiger partial charge is 0.388 e. The zero-order chi connectivity index (χ0) is 23.6. The molecule has 1 aliphatic rings. The van der Waals surface area contributed by atoms with Crippen LogP contribution in [0.1, 0.15) is 64.3 Å². The Balaban J connectivity index is 2.32. The Morgan fingerprint density at radius 1 is 1.32 bits per heavy atom. The molecule has 9 nitrogen and oxygen atoms in total. The number of aliphatic hydroxyl groups is 2. The highest BCUT2D eigenvalue weighted by Crippen LogP contribution is 2.59. The van der Waals surface area contributed by atoms with E-state index < -0.39 is 43.0 Å². The lowest BCUT2D eigenvalue weighted by molar-refractivity contribution is -0.0531. The molecule has 2 rings (SSSR count). The molecule has 31 heavy (non-hydrogen) atoms. The third-order valence-corrected chi connectivity index (χ3v) is 8.24. The summed E-state index contributed by atoms with van der Waals surface area (Å²) in [5, 5.41) is 19.2. The summed E-state index contributed by atoms with van der Waals surface area (Å²) in [4.78, 5) is 24.5. The number of aliphatic hydroxyl groups excluding tert-OH is 1. The van der Waals surface area contributed by atoms with Gasteiger partial charge in [0.2, 0.25) is 5.56 Å². The minimum atomic E-state index is -4.40. The van der Waals surface area contributed by atoms with Crippen molar-refractivity contribution in [1.82, 2.24) is 4.98 Å². The Bertz CT molecular complexity index is 923. The molecule has 1 aliphatic heterocycles. The second-order valence-corrected chi connectivity index (χ2v) is 10.5. The van der Waals surface area contributed by atoms with Gasteiger partial charge in [-0.15, -0.1) is 6.42 Å². The maximum absolute atomic E-state index is 12.7. The van der Waals surface area contributed by atoms with Crippen molar-refractivity contribution < 1.29 is 33.7 Å². The molecule has 2 heterocycles. The predicted molar refractivity (Wildman–Crippen MR) is 115 cm³/mol. The summed E-state index contributed by atoms with van der Waals surface area (Å²) in [6.45, 7) is 6.23. The zero-order valence-electron chi connectivity index (χ0n) is 18.5. The summed E-state index contributed by atoms with van der Waals surface area (Å²) in [6.07, 6.45) is 2.45. The topological polar surface area (TPSA) is 138 Å². The van der Waals surface area contributed by atoms with E-state index in [1.54, 1.807) is 20.8 Å². The first kappa shape index (κ1) is 25.8. The van der Waals surface area contributed by atoms with Gasteiger partial charge < -0.3 is 34.1 Å². The van der Waals surface area contributed by atoms with Crippen LogP contribution in [-0.2, 0) is 18.6 Å². The molecule has 0 aliphatic carbocycles. The number of aromatic nitrogens is 1. The molecule has 174 valence electrons. The van der Waals surface area contributed by atoms with Gasteiger partial charge in [0.1, 0.15) is 18.3 Å². The molecule has 10 heteroatoms. The average molecular weight is 457 g/mol. The lowest BCUT2D eigenvalue weighted by atomic mass is 9.92. The summed E-state index contributed by atoms with van der Waals surface area (Å²) in [5.74, 6) is 2.41. The van der Waals surface area contributed by atoms with Crippen LogP contribution in [0.25, 0.3) is 0 Å². The number of methoxy groups -OCH3 is 1. The normalized spacial score (nSPS) is 29.5. The minimum absolute atomic E-state index is 0.0258. The average Bonchev–Trinajstić information content (AvgIpc) is 3.01. The molecule has 1 saturated heterocycles. The molecule has 0 spiro atoms. The minimum Gasteiger partial charge on any atom is -0.388 e. The van der Waals surface area contributed by atoms with Gasteiger partial charge >= 0.3 is 7.60 Å². The molecule has 0 saturated carbocycles. The van der Waals surface area contributed by atoms with Crippen LogP contribution in [0.2, 0.25) is 0 Å². The van der Waals surface area contributed by atoms with Gasteiger partial charge in [-0.2, -0.15) is 0 Å². The standard InChI is InChI=1S/C21H32NO8P/c1-7-14-13(10-11-16(23)22-14)18-19(28-6)17(24)15(29-18)12-20(4,8-2)30-31(26,27)21(5,25)9-3/h1,10-11,15,17-19,24-25H,8-9,12H2,2-6H3,(H,22,23)(H,26,27)/t15-,17?,18+,19+,20?,21?/m1/s1. The highest BCUT2D eigenvalue weighted by Gasteiger charge is 2.51. The summed E-state index contributed by atoms with van der Waals surface area (Å²) >= 11 is 0. The van der Waals surface area contributed by atoms with Crippen LogP contribution >= 0.6 is 7.60 Å². The van der Waals surface area contributed by atoms with Crippen LogP contribution in [0.5, 0.6) is 0 Å². The molecule has 0 amide bonds. The summed E-state index contributed by atoms with van der Waals surface area (Å²) in [6, 6.07) is 2.83. The van der Waals surface area contributed by atoms with Crippen molar-refractivity contribution in [2.24, 2.45) is 0 Å². The van der Waals surface area contributed by atoms with E-state index >= 15 is 0 Å². The first-order valence-electron chi connectivity index (χ1n) is 10.2. The fourth-order valence-corrected chi connectivity index (χ4v) is 4.93. The molecule has 1 aromatic heterocycles. The molecule has 7 atom stereocenters. The van der Waals surface area contributed by atoms with Crippen molar-refractivity contribution >= 4 is 7.60 Å². The van der Waals surface area contributed by atoms with Crippen LogP contribution in [-0.4, -0.2) is 56.5 Å². The van der Waals surface area contributed by atoms with E-state index in [-0.39, 0.29) is 24.1 Å². The van der Waals surface area contributed by atoms with Crippen molar-refractivity contribution in [2.45, 2.75) is 82.3 Å².